The smallest absolute Gasteiger partial charge is 0.154 e. The Morgan fingerprint density at radius 3 is 2.64 bits per heavy atom. The Bertz CT molecular complexity index is 1210. The van der Waals surface area contributed by atoms with Crippen LogP contribution in [-0.2, 0) is 15.7 Å². The Hall–Kier alpha value is -2.37. The summed E-state index contributed by atoms with van der Waals surface area (Å²) in [6.45, 7) is 1.84. The fourth-order valence-electron chi connectivity index (χ4n) is 3.73. The van der Waals surface area contributed by atoms with Crippen LogP contribution in [0.25, 0.3) is 5.57 Å². The molecule has 3 aromatic rings. The molecule has 0 bridgehead atoms. The normalized spacial score (nSPS) is 18.3. The maximum atomic E-state index is 14.6. The second kappa shape index (κ2) is 12.7. The third kappa shape index (κ3) is 7.10. The summed E-state index contributed by atoms with van der Waals surface area (Å²) in [5, 5.41) is 1.85. The van der Waals surface area contributed by atoms with Crippen LogP contribution in [0.15, 0.2) is 58.3 Å². The highest BCUT2D eigenvalue weighted by Gasteiger charge is 2.22. The molecule has 0 spiro atoms. The molecule has 0 radical (unpaired) electrons. The van der Waals surface area contributed by atoms with E-state index in [9.17, 15) is 13.0 Å². The Morgan fingerprint density at radius 2 is 2.00 bits per heavy atom. The molecule has 0 saturated carbocycles. The lowest BCUT2D eigenvalue weighted by Gasteiger charge is -2.25. The van der Waals surface area contributed by atoms with Gasteiger partial charge in [0, 0.05) is 17.4 Å². The Balaban J connectivity index is 0.000000543. The minimum Gasteiger partial charge on any atom is -0.491 e. The van der Waals surface area contributed by atoms with Gasteiger partial charge in [-0.2, -0.15) is 0 Å². The van der Waals surface area contributed by atoms with Crippen LogP contribution in [0.2, 0.25) is 5.02 Å². The molecule has 192 valence electrons. The van der Waals surface area contributed by atoms with Gasteiger partial charge in [0.2, 0.25) is 0 Å². The van der Waals surface area contributed by atoms with Crippen molar-refractivity contribution in [1.29, 1.82) is 0 Å². The number of ether oxygens (including phenoxy) is 2. The highest BCUT2D eigenvalue weighted by molar-refractivity contribution is 7.86. The first kappa shape index (κ1) is 26.7. The summed E-state index contributed by atoms with van der Waals surface area (Å²) < 4.78 is 53.5. The van der Waals surface area contributed by atoms with Gasteiger partial charge >= 0.3 is 0 Å². The second-order valence-corrected chi connectivity index (χ2v) is 10.7. The molecule has 0 amide bonds. The van der Waals surface area contributed by atoms with Gasteiger partial charge in [0.1, 0.15) is 23.2 Å². The Kier molecular flexibility index (Phi) is 9.44. The van der Waals surface area contributed by atoms with E-state index in [1.807, 2.05) is 0 Å². The molecule has 2 aliphatic rings. The number of nitrogens with two attached hydrogens (primary N) is 1. The maximum absolute atomic E-state index is 14.6. The summed E-state index contributed by atoms with van der Waals surface area (Å²) in [4.78, 5) is 3.90. The van der Waals surface area contributed by atoms with E-state index in [2.05, 4.69) is 15.8 Å². The summed E-state index contributed by atoms with van der Waals surface area (Å²) in [5.41, 5.74) is 8.88. The monoisotopic (exact) mass is 553 g/mol. The standard InChI is InChI=1S/C22H19ClF2N2O2S2.C3H7NO/c23-18-9-21(31(28)27-22-12-30-13-26-22)19(25)10-20(18)29-11-15-3-1-2-4-17(15)14-5-7-16(24)8-6-14;4-3-1-5-2-3/h4-10,12-13,15,27H,1-3,11H2;3H,1-2,4H2. The van der Waals surface area contributed by atoms with Crippen LogP contribution in [-0.4, -0.2) is 35.1 Å². The summed E-state index contributed by atoms with van der Waals surface area (Å²) in [7, 11) is -1.84. The van der Waals surface area contributed by atoms with E-state index < -0.39 is 16.8 Å². The van der Waals surface area contributed by atoms with Crippen molar-refractivity contribution in [2.24, 2.45) is 11.7 Å². The van der Waals surface area contributed by atoms with E-state index in [0.29, 0.717) is 18.5 Å². The highest BCUT2D eigenvalue weighted by atomic mass is 35.5. The number of nitrogens with zero attached hydrogens (tertiary/aromatic N) is 1. The number of nitrogens with one attached hydrogen (secondary N) is 1. The van der Waals surface area contributed by atoms with Crippen LogP contribution in [0.1, 0.15) is 24.8 Å². The van der Waals surface area contributed by atoms with E-state index in [1.54, 1.807) is 23.0 Å². The number of benzene rings is 2. The minimum absolute atomic E-state index is 0.0742. The molecule has 1 saturated heterocycles. The van der Waals surface area contributed by atoms with E-state index in [4.69, 9.17) is 26.8 Å². The average Bonchev–Trinajstić information content (AvgIpc) is 3.37. The molecule has 1 aromatic heterocycles. The van der Waals surface area contributed by atoms with Gasteiger partial charge in [0.25, 0.3) is 0 Å². The summed E-state index contributed by atoms with van der Waals surface area (Å²) in [5.74, 6) is -0.289. The van der Waals surface area contributed by atoms with Crippen molar-refractivity contribution in [1.82, 2.24) is 4.98 Å². The molecule has 1 aliphatic heterocycles. The molecule has 36 heavy (non-hydrogen) atoms. The number of thiazole rings is 1. The Labute approximate surface area is 220 Å². The molecule has 1 fully saturated rings. The zero-order valence-corrected chi connectivity index (χ0v) is 21.7. The SMILES string of the molecule is NC1COC1.O=S(Nc1cscn1)c1cc(Cl)c(OCC2CCCC=C2c2ccc(F)cc2)cc1F. The van der Waals surface area contributed by atoms with Gasteiger partial charge in [0.05, 0.1) is 41.3 Å². The third-order valence-corrected chi connectivity index (χ3v) is 7.65. The van der Waals surface area contributed by atoms with Gasteiger partial charge < -0.3 is 15.2 Å². The number of hydrogen-bond donors (Lipinski definition) is 2. The van der Waals surface area contributed by atoms with Crippen molar-refractivity contribution >= 4 is 45.3 Å². The molecule has 1 aliphatic carbocycles. The largest absolute Gasteiger partial charge is 0.491 e. The second-order valence-electron chi connectivity index (χ2n) is 8.36. The average molecular weight is 554 g/mol. The van der Waals surface area contributed by atoms with E-state index >= 15 is 0 Å². The topological polar surface area (TPSA) is 86.5 Å². The van der Waals surface area contributed by atoms with Crippen molar-refractivity contribution in [3.05, 3.63) is 75.6 Å². The van der Waals surface area contributed by atoms with Gasteiger partial charge in [-0.05, 0) is 48.6 Å². The molecule has 11 heteroatoms. The van der Waals surface area contributed by atoms with Crippen LogP contribution in [0.4, 0.5) is 14.6 Å². The molecular weight excluding hydrogens is 528 g/mol. The van der Waals surface area contributed by atoms with Crippen molar-refractivity contribution < 1.29 is 22.5 Å². The van der Waals surface area contributed by atoms with Crippen molar-refractivity contribution in [3.8, 4) is 5.75 Å². The van der Waals surface area contributed by atoms with Gasteiger partial charge in [-0.1, -0.05) is 29.8 Å². The number of anilines is 1. The fourth-order valence-corrected chi connectivity index (χ4v) is 5.45. The molecular formula is C25H26ClF2N3O3S2. The lowest BCUT2D eigenvalue weighted by Crippen LogP contribution is -2.41. The quantitative estimate of drug-likeness (QED) is 0.385. The first-order valence-corrected chi connectivity index (χ1v) is 13.9. The molecule has 2 atom stereocenters. The van der Waals surface area contributed by atoms with Crippen molar-refractivity contribution in [2.75, 3.05) is 24.5 Å². The molecule has 2 aromatic carbocycles. The Morgan fingerprint density at radius 1 is 1.25 bits per heavy atom. The van der Waals surface area contributed by atoms with Gasteiger partial charge in [-0.15, -0.1) is 11.3 Å². The molecule has 2 heterocycles. The number of allylic oxidation sites excluding steroid dienone is 1. The van der Waals surface area contributed by atoms with E-state index in [-0.39, 0.29) is 27.4 Å². The third-order valence-electron chi connectivity index (χ3n) is 5.66. The number of aromatic nitrogens is 1. The fraction of sp³-hybridized carbons (Fsp3) is 0.320. The van der Waals surface area contributed by atoms with Crippen molar-refractivity contribution in [2.45, 2.75) is 30.2 Å². The lowest BCUT2D eigenvalue weighted by molar-refractivity contribution is 0.0121. The molecule has 2 unspecified atom stereocenters. The lowest BCUT2D eigenvalue weighted by atomic mass is 9.84. The summed E-state index contributed by atoms with van der Waals surface area (Å²) >= 11 is 7.63. The van der Waals surface area contributed by atoms with Crippen LogP contribution >= 0.6 is 22.9 Å². The van der Waals surface area contributed by atoms with E-state index in [0.717, 1.165) is 49.7 Å². The van der Waals surface area contributed by atoms with E-state index in [1.165, 1.54) is 29.5 Å². The zero-order chi connectivity index (χ0) is 25.5. The summed E-state index contributed by atoms with van der Waals surface area (Å²) in [6.07, 6.45) is 5.01. The predicted molar refractivity (Wildman–Crippen MR) is 140 cm³/mol. The minimum atomic E-state index is -1.84. The number of rotatable bonds is 7. The highest BCUT2D eigenvalue weighted by Crippen LogP contribution is 2.35. The van der Waals surface area contributed by atoms with Crippen LogP contribution in [0, 0.1) is 17.6 Å². The van der Waals surface area contributed by atoms with Gasteiger partial charge in [-0.25, -0.2) is 18.0 Å². The number of hydrogen-bond acceptors (Lipinski definition) is 6. The van der Waals surface area contributed by atoms with Crippen molar-refractivity contribution in [3.63, 3.8) is 0 Å². The first-order chi connectivity index (χ1) is 17.4. The van der Waals surface area contributed by atoms with Crippen LogP contribution < -0.4 is 15.2 Å². The maximum Gasteiger partial charge on any atom is 0.154 e. The first-order valence-electron chi connectivity index (χ1n) is 11.4. The van der Waals surface area contributed by atoms with Gasteiger partial charge in [0.15, 0.2) is 11.0 Å². The zero-order valence-electron chi connectivity index (χ0n) is 19.3. The summed E-state index contributed by atoms with van der Waals surface area (Å²) in [6, 6.07) is 9.19. The van der Waals surface area contributed by atoms with Gasteiger partial charge in [-0.3, -0.25) is 4.72 Å². The number of halogens is 3. The molecule has 6 nitrogen and oxygen atoms in total. The van der Waals surface area contributed by atoms with Crippen LogP contribution in [0.5, 0.6) is 5.75 Å². The molecule has 3 N–H and O–H groups in total. The van der Waals surface area contributed by atoms with Crippen LogP contribution in [0.3, 0.4) is 0 Å². The predicted octanol–water partition coefficient (Wildman–Crippen LogP) is 5.82. The molecule has 5 rings (SSSR count).